The van der Waals surface area contributed by atoms with Gasteiger partial charge in [-0.3, -0.25) is 14.8 Å². The molecule has 2 fully saturated rings. The Morgan fingerprint density at radius 1 is 1.06 bits per heavy atom. The van der Waals surface area contributed by atoms with Gasteiger partial charge in [-0.1, -0.05) is 12.1 Å². The van der Waals surface area contributed by atoms with Crippen molar-refractivity contribution in [2.75, 3.05) is 39.5 Å². The number of nitrogens with one attached hydrogen (secondary N) is 1. The van der Waals surface area contributed by atoms with Gasteiger partial charge in [-0.2, -0.15) is 0 Å². The number of ether oxygens (including phenoxy) is 3. The van der Waals surface area contributed by atoms with E-state index in [1.165, 1.54) is 12.1 Å². The summed E-state index contributed by atoms with van der Waals surface area (Å²) in [5.74, 6) is 0.286. The van der Waals surface area contributed by atoms with E-state index in [1.807, 2.05) is 24.0 Å². The molecule has 1 aromatic heterocycles. The van der Waals surface area contributed by atoms with Crippen LogP contribution in [0.2, 0.25) is 0 Å². The van der Waals surface area contributed by atoms with Gasteiger partial charge in [0.25, 0.3) is 0 Å². The Labute approximate surface area is 191 Å². The molecule has 174 valence electrons. The number of carbonyl (C=O) groups is 1. The molecule has 1 N–H and O–H groups in total. The Hall–Kier alpha value is -2.88. The number of pyridine rings is 1. The summed E-state index contributed by atoms with van der Waals surface area (Å²) in [7, 11) is 0. The van der Waals surface area contributed by atoms with E-state index in [2.05, 4.69) is 10.3 Å². The molecule has 33 heavy (non-hydrogen) atoms. The molecule has 1 amide bonds. The summed E-state index contributed by atoms with van der Waals surface area (Å²) in [6.07, 6.45) is 2.75. The lowest BCUT2D eigenvalue weighted by atomic mass is 9.90. The SMILES string of the molecule is CC1(C(=O)N2CCOCC2)COC(C2=NC(c3ccc(F)cc3)C(c3ccncc3)N2)OC1. The Balaban J connectivity index is 1.32. The molecule has 2 unspecified atom stereocenters. The van der Waals surface area contributed by atoms with Gasteiger partial charge in [-0.15, -0.1) is 0 Å². The number of amidine groups is 1. The van der Waals surface area contributed by atoms with Crippen LogP contribution < -0.4 is 5.32 Å². The number of carbonyl (C=O) groups excluding carboxylic acids is 1. The summed E-state index contributed by atoms with van der Waals surface area (Å²) in [6, 6.07) is 9.74. The molecule has 0 bridgehead atoms. The van der Waals surface area contributed by atoms with E-state index in [0.717, 1.165) is 11.1 Å². The van der Waals surface area contributed by atoms with Gasteiger partial charge in [0, 0.05) is 25.5 Å². The minimum absolute atomic E-state index is 0.0180. The van der Waals surface area contributed by atoms with Gasteiger partial charge in [0.2, 0.25) is 12.2 Å². The van der Waals surface area contributed by atoms with Crippen molar-refractivity contribution < 1.29 is 23.4 Å². The van der Waals surface area contributed by atoms with Crippen LogP contribution in [0.3, 0.4) is 0 Å². The highest BCUT2D eigenvalue weighted by Crippen LogP contribution is 2.38. The van der Waals surface area contributed by atoms with Gasteiger partial charge in [0.1, 0.15) is 11.9 Å². The first kappa shape index (κ1) is 21.9. The maximum Gasteiger partial charge on any atom is 0.233 e. The van der Waals surface area contributed by atoms with E-state index >= 15 is 0 Å². The average molecular weight is 455 g/mol. The number of halogens is 1. The fraction of sp³-hybridized carbons (Fsp3) is 0.458. The first-order chi connectivity index (χ1) is 16.0. The fourth-order valence-corrected chi connectivity index (χ4v) is 4.43. The molecular weight excluding hydrogens is 427 g/mol. The van der Waals surface area contributed by atoms with Crippen molar-refractivity contribution >= 4 is 11.7 Å². The van der Waals surface area contributed by atoms with E-state index in [9.17, 15) is 9.18 Å². The van der Waals surface area contributed by atoms with E-state index in [-0.39, 0.29) is 37.0 Å². The Kier molecular flexibility index (Phi) is 6.09. The number of benzene rings is 1. The molecule has 2 saturated heterocycles. The van der Waals surface area contributed by atoms with Gasteiger partial charge in [-0.05, 0) is 42.3 Å². The minimum Gasteiger partial charge on any atom is -0.378 e. The molecule has 0 saturated carbocycles. The van der Waals surface area contributed by atoms with Crippen molar-refractivity contribution in [3.8, 4) is 0 Å². The van der Waals surface area contributed by atoms with Crippen LogP contribution in [-0.2, 0) is 19.0 Å². The highest BCUT2D eigenvalue weighted by Gasteiger charge is 2.45. The number of hydrogen-bond acceptors (Lipinski definition) is 7. The lowest BCUT2D eigenvalue weighted by Gasteiger charge is -2.40. The maximum absolute atomic E-state index is 13.5. The molecule has 3 aliphatic rings. The third-order valence-electron chi connectivity index (χ3n) is 6.32. The zero-order valence-corrected chi connectivity index (χ0v) is 18.4. The molecule has 0 aliphatic carbocycles. The first-order valence-corrected chi connectivity index (χ1v) is 11.1. The second-order valence-corrected chi connectivity index (χ2v) is 8.83. The van der Waals surface area contributed by atoms with Crippen molar-refractivity contribution in [3.05, 3.63) is 65.7 Å². The van der Waals surface area contributed by atoms with Gasteiger partial charge in [0.15, 0.2) is 5.84 Å². The van der Waals surface area contributed by atoms with Crippen molar-refractivity contribution in [2.24, 2.45) is 10.4 Å². The van der Waals surface area contributed by atoms with Crippen molar-refractivity contribution in [1.82, 2.24) is 15.2 Å². The number of morpholine rings is 1. The molecule has 2 atom stereocenters. The summed E-state index contributed by atoms with van der Waals surface area (Å²) in [6.45, 7) is 4.59. The van der Waals surface area contributed by atoms with Gasteiger partial charge in [-0.25, -0.2) is 4.39 Å². The van der Waals surface area contributed by atoms with E-state index < -0.39 is 11.7 Å². The summed E-state index contributed by atoms with van der Waals surface area (Å²) >= 11 is 0. The molecular formula is C24H27FN4O4. The molecule has 2 aromatic rings. The van der Waals surface area contributed by atoms with Gasteiger partial charge < -0.3 is 24.4 Å². The monoisotopic (exact) mass is 454 g/mol. The standard InChI is InChI=1S/C24H27FN4O4/c1-24(23(30)29-10-12-31-13-11-29)14-32-22(33-15-24)21-27-19(16-2-4-18(25)5-3-16)20(28-21)17-6-8-26-9-7-17/h2-9,19-20,22H,10-15H2,1H3,(H,27,28). The normalized spacial score (nSPS) is 29.9. The fourth-order valence-electron chi connectivity index (χ4n) is 4.43. The van der Waals surface area contributed by atoms with E-state index in [4.69, 9.17) is 19.2 Å². The minimum atomic E-state index is -0.756. The highest BCUT2D eigenvalue weighted by molar-refractivity contribution is 5.88. The predicted octanol–water partition coefficient (Wildman–Crippen LogP) is 2.24. The topological polar surface area (TPSA) is 85.3 Å². The zero-order chi connectivity index (χ0) is 22.8. The van der Waals surface area contributed by atoms with Crippen molar-refractivity contribution in [3.63, 3.8) is 0 Å². The second kappa shape index (κ2) is 9.17. The molecule has 3 aliphatic heterocycles. The largest absolute Gasteiger partial charge is 0.378 e. The van der Waals surface area contributed by atoms with Crippen LogP contribution >= 0.6 is 0 Å². The number of rotatable bonds is 4. The zero-order valence-electron chi connectivity index (χ0n) is 18.4. The van der Waals surface area contributed by atoms with Gasteiger partial charge >= 0.3 is 0 Å². The Morgan fingerprint density at radius 2 is 1.73 bits per heavy atom. The molecule has 9 heteroatoms. The summed E-state index contributed by atoms with van der Waals surface area (Å²) < 4.78 is 30.9. The molecule has 0 spiro atoms. The third kappa shape index (κ3) is 4.48. The smallest absolute Gasteiger partial charge is 0.233 e. The van der Waals surface area contributed by atoms with Crippen LogP contribution in [0.25, 0.3) is 0 Å². The Bertz CT molecular complexity index is 1000. The van der Waals surface area contributed by atoms with Gasteiger partial charge in [0.05, 0.1) is 37.9 Å². The summed E-state index contributed by atoms with van der Waals surface area (Å²) in [4.78, 5) is 23.8. The summed E-state index contributed by atoms with van der Waals surface area (Å²) in [5.41, 5.74) is 1.12. The van der Waals surface area contributed by atoms with E-state index in [1.54, 1.807) is 24.5 Å². The van der Waals surface area contributed by atoms with Crippen LogP contribution in [0, 0.1) is 11.2 Å². The lowest BCUT2D eigenvalue weighted by molar-refractivity contribution is -0.203. The first-order valence-electron chi connectivity index (χ1n) is 11.1. The molecule has 5 rings (SSSR count). The number of aliphatic imine (C=N–C) groups is 1. The maximum atomic E-state index is 13.5. The number of nitrogens with zero attached hydrogens (tertiary/aromatic N) is 3. The van der Waals surface area contributed by atoms with Crippen LogP contribution in [0.15, 0.2) is 53.8 Å². The van der Waals surface area contributed by atoms with Crippen LogP contribution in [-0.4, -0.2) is 67.4 Å². The number of aromatic nitrogens is 1. The predicted molar refractivity (Wildman–Crippen MR) is 118 cm³/mol. The third-order valence-corrected chi connectivity index (χ3v) is 6.32. The molecule has 0 radical (unpaired) electrons. The number of hydrogen-bond donors (Lipinski definition) is 1. The molecule has 8 nitrogen and oxygen atoms in total. The number of amides is 1. The van der Waals surface area contributed by atoms with Crippen molar-refractivity contribution in [1.29, 1.82) is 0 Å². The quantitative estimate of drug-likeness (QED) is 0.763. The lowest BCUT2D eigenvalue weighted by Crippen LogP contribution is -2.55. The second-order valence-electron chi connectivity index (χ2n) is 8.83. The van der Waals surface area contributed by atoms with Crippen LogP contribution in [0.5, 0.6) is 0 Å². The van der Waals surface area contributed by atoms with Crippen molar-refractivity contribution in [2.45, 2.75) is 25.3 Å². The molecule has 4 heterocycles. The van der Waals surface area contributed by atoms with Crippen LogP contribution in [0.4, 0.5) is 4.39 Å². The van der Waals surface area contributed by atoms with Crippen LogP contribution in [0.1, 0.15) is 30.1 Å². The summed E-state index contributed by atoms with van der Waals surface area (Å²) in [5, 5.41) is 3.43. The Morgan fingerprint density at radius 3 is 2.39 bits per heavy atom. The molecule has 1 aromatic carbocycles. The van der Waals surface area contributed by atoms with E-state index in [0.29, 0.717) is 32.1 Å². The average Bonchev–Trinajstić information content (AvgIpc) is 3.31. The highest BCUT2D eigenvalue weighted by atomic mass is 19.1.